The van der Waals surface area contributed by atoms with Crippen LogP contribution in [0.3, 0.4) is 0 Å². The summed E-state index contributed by atoms with van der Waals surface area (Å²) in [7, 11) is 3.91. The number of guanidine groups is 1. The lowest BCUT2D eigenvalue weighted by molar-refractivity contribution is 0.478. The van der Waals surface area contributed by atoms with E-state index in [-0.39, 0.29) is 24.0 Å². The Hall–Kier alpha value is -1.54. The van der Waals surface area contributed by atoms with E-state index in [1.807, 2.05) is 7.05 Å². The number of hydrogen-bond donors (Lipinski definition) is 2. The largest absolute Gasteiger partial charge is 0.361 e. The number of aromatic amines is 1. The highest BCUT2D eigenvalue weighted by atomic mass is 127. The second kappa shape index (κ2) is 9.24. The Bertz CT molecular complexity index is 823. The Labute approximate surface area is 170 Å². The van der Waals surface area contributed by atoms with E-state index >= 15 is 0 Å². The predicted octanol–water partition coefficient (Wildman–Crippen LogP) is 4.41. The average molecular weight is 468 g/mol. The van der Waals surface area contributed by atoms with Gasteiger partial charge in [0, 0.05) is 44.3 Å². The van der Waals surface area contributed by atoms with E-state index in [0.717, 1.165) is 25.5 Å². The molecule has 3 aromatic rings. The zero-order valence-electron chi connectivity index (χ0n) is 14.9. The maximum absolute atomic E-state index is 4.39. The average Bonchev–Trinajstić information content (AvgIpc) is 3.22. The highest BCUT2D eigenvalue weighted by Crippen LogP contribution is 2.21. The maximum atomic E-state index is 4.39. The molecule has 2 N–H and O–H groups in total. The second-order valence-electron chi connectivity index (χ2n) is 6.02. The SMILES string of the molecule is CN=C(NCCc1c[nH]c2c(C)cccc12)N(C)Cc1ccsc1.I. The van der Waals surface area contributed by atoms with Crippen molar-refractivity contribution in [3.63, 3.8) is 0 Å². The van der Waals surface area contributed by atoms with Crippen LogP contribution in [0.25, 0.3) is 10.9 Å². The molecule has 0 saturated heterocycles. The summed E-state index contributed by atoms with van der Waals surface area (Å²) < 4.78 is 0. The molecule has 1 aromatic carbocycles. The molecule has 6 heteroatoms. The van der Waals surface area contributed by atoms with E-state index in [9.17, 15) is 0 Å². The monoisotopic (exact) mass is 468 g/mol. The molecular weight excluding hydrogens is 443 g/mol. The summed E-state index contributed by atoms with van der Waals surface area (Å²) in [4.78, 5) is 9.94. The lowest BCUT2D eigenvalue weighted by atomic mass is 10.1. The van der Waals surface area contributed by atoms with Gasteiger partial charge in [-0.2, -0.15) is 11.3 Å². The van der Waals surface area contributed by atoms with Crippen LogP contribution < -0.4 is 5.32 Å². The number of H-pyrrole nitrogens is 1. The molecular formula is C19H25IN4S. The standard InChI is InChI=1S/C19H24N4S.HI/c1-14-5-4-6-17-16(11-22-18(14)17)7-9-21-19(20-2)23(3)12-15-8-10-24-13-15;/h4-6,8,10-11,13,22H,7,9,12H2,1-3H3,(H,20,21);1H. The summed E-state index contributed by atoms with van der Waals surface area (Å²) in [5, 5.41) is 9.07. The first kappa shape index (κ1) is 19.8. The number of nitrogens with one attached hydrogen (secondary N) is 2. The van der Waals surface area contributed by atoms with Crippen LogP contribution in [-0.4, -0.2) is 36.5 Å². The molecule has 0 spiro atoms. The van der Waals surface area contributed by atoms with E-state index in [0.29, 0.717) is 0 Å². The number of nitrogens with zero attached hydrogens (tertiary/aromatic N) is 2. The van der Waals surface area contributed by atoms with Crippen LogP contribution in [0.1, 0.15) is 16.7 Å². The molecule has 25 heavy (non-hydrogen) atoms. The first-order valence-corrected chi connectivity index (χ1v) is 9.11. The molecule has 0 radical (unpaired) electrons. The molecule has 0 saturated carbocycles. The molecule has 0 bridgehead atoms. The van der Waals surface area contributed by atoms with Crippen molar-refractivity contribution in [1.29, 1.82) is 0 Å². The fourth-order valence-electron chi connectivity index (χ4n) is 3.00. The molecule has 0 aliphatic rings. The fourth-order valence-corrected chi connectivity index (χ4v) is 3.66. The van der Waals surface area contributed by atoms with Gasteiger partial charge >= 0.3 is 0 Å². The molecule has 134 valence electrons. The third-order valence-corrected chi connectivity index (χ3v) is 4.99. The lowest BCUT2D eigenvalue weighted by Crippen LogP contribution is -2.39. The summed E-state index contributed by atoms with van der Waals surface area (Å²) in [6.07, 6.45) is 3.09. The minimum absolute atomic E-state index is 0. The van der Waals surface area contributed by atoms with Crippen LogP contribution in [-0.2, 0) is 13.0 Å². The first-order valence-electron chi connectivity index (χ1n) is 8.17. The molecule has 0 unspecified atom stereocenters. The van der Waals surface area contributed by atoms with Crippen LogP contribution in [0.15, 0.2) is 46.2 Å². The van der Waals surface area contributed by atoms with Gasteiger partial charge in [-0.05, 0) is 46.9 Å². The third kappa shape index (κ3) is 4.76. The first-order chi connectivity index (χ1) is 11.7. The number of fused-ring (bicyclic) bond motifs is 1. The molecule has 0 atom stereocenters. The van der Waals surface area contributed by atoms with Crippen LogP contribution in [0, 0.1) is 6.92 Å². The molecule has 2 heterocycles. The number of rotatable bonds is 5. The highest BCUT2D eigenvalue weighted by molar-refractivity contribution is 14.0. The number of hydrogen-bond acceptors (Lipinski definition) is 2. The van der Waals surface area contributed by atoms with Crippen LogP contribution >= 0.6 is 35.3 Å². The molecule has 0 aliphatic heterocycles. The van der Waals surface area contributed by atoms with Gasteiger partial charge in [0.25, 0.3) is 0 Å². The van der Waals surface area contributed by atoms with Gasteiger partial charge in [0.15, 0.2) is 5.96 Å². The van der Waals surface area contributed by atoms with Gasteiger partial charge in [0.05, 0.1) is 0 Å². The van der Waals surface area contributed by atoms with Crippen LogP contribution in [0.4, 0.5) is 0 Å². The lowest BCUT2D eigenvalue weighted by Gasteiger charge is -2.21. The summed E-state index contributed by atoms with van der Waals surface area (Å²) in [5.41, 5.74) is 5.19. The van der Waals surface area contributed by atoms with Crippen LogP contribution in [0.2, 0.25) is 0 Å². The predicted molar refractivity (Wildman–Crippen MR) is 119 cm³/mol. The third-order valence-electron chi connectivity index (χ3n) is 4.26. The van der Waals surface area contributed by atoms with Crippen molar-refractivity contribution >= 4 is 52.2 Å². The molecule has 2 aromatic heterocycles. The number of aliphatic imine (C=N–C) groups is 1. The topological polar surface area (TPSA) is 43.4 Å². The number of aryl methyl sites for hydroxylation is 1. The zero-order chi connectivity index (χ0) is 16.9. The van der Waals surface area contributed by atoms with E-state index in [2.05, 4.69) is 75.4 Å². The van der Waals surface area contributed by atoms with E-state index in [1.54, 1.807) is 11.3 Å². The van der Waals surface area contributed by atoms with E-state index in [4.69, 9.17) is 0 Å². The molecule has 4 nitrogen and oxygen atoms in total. The van der Waals surface area contributed by atoms with Gasteiger partial charge in [0.2, 0.25) is 0 Å². The smallest absolute Gasteiger partial charge is 0.193 e. The summed E-state index contributed by atoms with van der Waals surface area (Å²) in [5.74, 6) is 0.928. The summed E-state index contributed by atoms with van der Waals surface area (Å²) in [6.45, 7) is 3.87. The molecule has 0 amide bonds. The Morgan fingerprint density at radius 3 is 2.88 bits per heavy atom. The second-order valence-corrected chi connectivity index (χ2v) is 6.80. The Kier molecular flexibility index (Phi) is 7.31. The summed E-state index contributed by atoms with van der Waals surface area (Å²) in [6, 6.07) is 8.60. The minimum atomic E-state index is 0. The fraction of sp³-hybridized carbons (Fsp3) is 0.316. The number of para-hydroxylation sites is 1. The Morgan fingerprint density at radius 1 is 1.32 bits per heavy atom. The van der Waals surface area contributed by atoms with E-state index < -0.39 is 0 Å². The quantitative estimate of drug-likeness (QED) is 0.331. The van der Waals surface area contributed by atoms with Crippen molar-refractivity contribution in [1.82, 2.24) is 15.2 Å². The number of benzene rings is 1. The minimum Gasteiger partial charge on any atom is -0.361 e. The van der Waals surface area contributed by atoms with Gasteiger partial charge in [-0.25, -0.2) is 0 Å². The van der Waals surface area contributed by atoms with Crippen molar-refractivity contribution in [3.8, 4) is 0 Å². The molecule has 0 fully saturated rings. The van der Waals surface area contributed by atoms with Crippen molar-refractivity contribution in [2.45, 2.75) is 19.9 Å². The van der Waals surface area contributed by atoms with Gasteiger partial charge in [-0.15, -0.1) is 24.0 Å². The Morgan fingerprint density at radius 2 is 2.16 bits per heavy atom. The normalized spacial score (nSPS) is 11.4. The molecule has 0 aliphatic carbocycles. The van der Waals surface area contributed by atoms with Gasteiger partial charge in [-0.3, -0.25) is 4.99 Å². The molecule has 3 rings (SSSR count). The van der Waals surface area contributed by atoms with Crippen molar-refractivity contribution in [2.75, 3.05) is 20.6 Å². The number of aromatic nitrogens is 1. The van der Waals surface area contributed by atoms with Crippen molar-refractivity contribution in [3.05, 3.63) is 57.9 Å². The maximum Gasteiger partial charge on any atom is 0.193 e. The highest BCUT2D eigenvalue weighted by Gasteiger charge is 2.08. The van der Waals surface area contributed by atoms with Crippen LogP contribution in [0.5, 0.6) is 0 Å². The Balaban J connectivity index is 0.00000225. The number of halogens is 1. The summed E-state index contributed by atoms with van der Waals surface area (Å²) >= 11 is 1.73. The zero-order valence-corrected chi connectivity index (χ0v) is 18.0. The van der Waals surface area contributed by atoms with Gasteiger partial charge in [-0.1, -0.05) is 18.2 Å². The van der Waals surface area contributed by atoms with Crippen molar-refractivity contribution in [2.24, 2.45) is 4.99 Å². The van der Waals surface area contributed by atoms with E-state index in [1.165, 1.54) is 27.6 Å². The number of thiophene rings is 1. The van der Waals surface area contributed by atoms with Gasteiger partial charge in [0.1, 0.15) is 0 Å². The van der Waals surface area contributed by atoms with Gasteiger partial charge < -0.3 is 15.2 Å². The van der Waals surface area contributed by atoms with Crippen molar-refractivity contribution < 1.29 is 0 Å².